The molecule has 0 heterocycles. The van der Waals surface area contributed by atoms with E-state index in [9.17, 15) is 9.59 Å². The number of hydrogen-bond donors (Lipinski definition) is 1. The molecule has 0 unspecified atom stereocenters. The Balaban J connectivity index is 1.83. The number of nitrogens with zero attached hydrogens (tertiary/aromatic N) is 1. The van der Waals surface area contributed by atoms with E-state index < -0.39 is 0 Å². The van der Waals surface area contributed by atoms with E-state index in [0.717, 1.165) is 5.56 Å². The zero-order valence-electron chi connectivity index (χ0n) is 12.1. The summed E-state index contributed by atoms with van der Waals surface area (Å²) in [5.74, 6) is -0.238. The molecule has 0 radical (unpaired) electrons. The third-order valence-corrected chi connectivity index (χ3v) is 3.20. The van der Waals surface area contributed by atoms with Crippen molar-refractivity contribution < 1.29 is 9.59 Å². The third-order valence-electron chi connectivity index (χ3n) is 3.20. The number of rotatable bonds is 6. The molecule has 4 nitrogen and oxygen atoms in total. The van der Waals surface area contributed by atoms with E-state index in [1.165, 1.54) is 0 Å². The molecule has 22 heavy (non-hydrogen) atoms. The van der Waals surface area contributed by atoms with Crippen molar-refractivity contribution in [3.63, 3.8) is 0 Å². The number of amides is 1. The molecule has 0 fully saturated rings. The summed E-state index contributed by atoms with van der Waals surface area (Å²) >= 11 is 0. The second-order valence-corrected chi connectivity index (χ2v) is 4.87. The molecule has 0 saturated carbocycles. The molecule has 0 aromatic heterocycles. The Morgan fingerprint density at radius 1 is 0.955 bits per heavy atom. The molecule has 0 aliphatic rings. The summed E-state index contributed by atoms with van der Waals surface area (Å²) < 4.78 is 0. The molecule has 0 spiro atoms. The summed E-state index contributed by atoms with van der Waals surface area (Å²) in [6, 6.07) is 18.1. The molecule has 0 atom stereocenters. The second kappa shape index (κ2) is 7.75. The largest absolute Gasteiger partial charge is 0.326 e. The molecule has 0 aliphatic heterocycles. The Morgan fingerprint density at radius 2 is 1.64 bits per heavy atom. The van der Waals surface area contributed by atoms with Crippen LogP contribution >= 0.6 is 0 Å². The maximum absolute atomic E-state index is 11.9. The zero-order chi connectivity index (χ0) is 15.8. The average Bonchev–Trinajstić information content (AvgIpc) is 2.55. The zero-order valence-corrected chi connectivity index (χ0v) is 12.1. The molecule has 110 valence electrons. The number of carbonyl (C=O) groups excluding carboxylic acids is 2. The Kier molecular flexibility index (Phi) is 5.44. The summed E-state index contributed by atoms with van der Waals surface area (Å²) in [4.78, 5) is 23.8. The minimum atomic E-state index is -0.197. The van der Waals surface area contributed by atoms with Crippen molar-refractivity contribution in [1.29, 1.82) is 5.26 Å². The van der Waals surface area contributed by atoms with Gasteiger partial charge in [-0.15, -0.1) is 0 Å². The van der Waals surface area contributed by atoms with E-state index >= 15 is 0 Å². The molecule has 0 aliphatic carbocycles. The minimum Gasteiger partial charge on any atom is -0.326 e. The van der Waals surface area contributed by atoms with E-state index in [4.69, 9.17) is 5.26 Å². The maximum atomic E-state index is 11.9. The van der Waals surface area contributed by atoms with Crippen molar-refractivity contribution >= 4 is 17.4 Å². The van der Waals surface area contributed by atoms with E-state index in [0.29, 0.717) is 17.7 Å². The van der Waals surface area contributed by atoms with Crippen molar-refractivity contribution in [1.82, 2.24) is 0 Å². The van der Waals surface area contributed by atoms with Gasteiger partial charge in [-0.25, -0.2) is 0 Å². The van der Waals surface area contributed by atoms with Crippen molar-refractivity contribution in [2.24, 2.45) is 0 Å². The molecule has 0 saturated heterocycles. The van der Waals surface area contributed by atoms with E-state index in [2.05, 4.69) is 11.4 Å². The average molecular weight is 292 g/mol. The Hall–Kier alpha value is -2.93. The highest BCUT2D eigenvalue weighted by molar-refractivity contribution is 5.99. The van der Waals surface area contributed by atoms with Crippen molar-refractivity contribution in [2.45, 2.75) is 19.3 Å². The van der Waals surface area contributed by atoms with Gasteiger partial charge in [0.1, 0.15) is 0 Å². The van der Waals surface area contributed by atoms with Crippen LogP contribution in [0.25, 0.3) is 0 Å². The summed E-state index contributed by atoms with van der Waals surface area (Å²) in [5.41, 5.74) is 2.19. The van der Waals surface area contributed by atoms with Crippen LogP contribution in [0.3, 0.4) is 0 Å². The number of nitriles is 1. The number of ketones is 1. The van der Waals surface area contributed by atoms with Crippen molar-refractivity contribution in [2.75, 3.05) is 5.32 Å². The fourth-order valence-corrected chi connectivity index (χ4v) is 2.02. The Labute approximate surface area is 129 Å². The monoisotopic (exact) mass is 292 g/mol. The lowest BCUT2D eigenvalue weighted by atomic mass is 10.1. The first-order valence-corrected chi connectivity index (χ1v) is 7.03. The molecule has 2 rings (SSSR count). The van der Waals surface area contributed by atoms with Crippen LogP contribution < -0.4 is 5.32 Å². The topological polar surface area (TPSA) is 70.0 Å². The molecular weight excluding hydrogens is 276 g/mol. The van der Waals surface area contributed by atoms with Crippen LogP contribution in [0, 0.1) is 11.3 Å². The summed E-state index contributed by atoms with van der Waals surface area (Å²) in [7, 11) is 0. The Bertz CT molecular complexity index is 685. The molecule has 2 aromatic rings. The van der Waals surface area contributed by atoms with Gasteiger partial charge in [-0.3, -0.25) is 9.59 Å². The van der Waals surface area contributed by atoms with E-state index in [-0.39, 0.29) is 24.5 Å². The van der Waals surface area contributed by atoms with Crippen molar-refractivity contribution in [3.05, 3.63) is 65.7 Å². The van der Waals surface area contributed by atoms with E-state index in [1.807, 2.05) is 6.07 Å². The molecule has 2 aromatic carbocycles. The van der Waals surface area contributed by atoms with Crippen LogP contribution in [0.1, 0.15) is 28.8 Å². The van der Waals surface area contributed by atoms with Gasteiger partial charge >= 0.3 is 0 Å². The fraction of sp³-hybridized carbons (Fsp3) is 0.167. The number of anilines is 1. The highest BCUT2D eigenvalue weighted by atomic mass is 16.2. The summed E-state index contributed by atoms with van der Waals surface area (Å²) in [6.07, 6.45) is 0.676. The first-order valence-electron chi connectivity index (χ1n) is 7.03. The van der Waals surface area contributed by atoms with Gasteiger partial charge in [0.25, 0.3) is 0 Å². The van der Waals surface area contributed by atoms with Crippen LogP contribution in [0.5, 0.6) is 0 Å². The molecular formula is C18H16N2O2. The molecule has 0 bridgehead atoms. The lowest BCUT2D eigenvalue weighted by Crippen LogP contribution is -2.13. The minimum absolute atomic E-state index is 0.0416. The van der Waals surface area contributed by atoms with Crippen LogP contribution in [0.2, 0.25) is 0 Å². The number of hydrogen-bond acceptors (Lipinski definition) is 3. The smallest absolute Gasteiger partial charge is 0.224 e. The second-order valence-electron chi connectivity index (χ2n) is 4.87. The van der Waals surface area contributed by atoms with Gasteiger partial charge in [0.05, 0.1) is 12.5 Å². The molecule has 4 heteroatoms. The maximum Gasteiger partial charge on any atom is 0.224 e. The van der Waals surface area contributed by atoms with Gasteiger partial charge in [-0.1, -0.05) is 42.5 Å². The lowest BCUT2D eigenvalue weighted by Gasteiger charge is -2.05. The fourth-order valence-electron chi connectivity index (χ4n) is 2.02. The SMILES string of the molecule is N#CCc1ccc(NC(=O)CCC(=O)c2ccccc2)cc1. The van der Waals surface area contributed by atoms with Gasteiger partial charge < -0.3 is 5.32 Å². The van der Waals surface area contributed by atoms with E-state index in [1.54, 1.807) is 48.5 Å². The number of nitrogens with one attached hydrogen (secondary N) is 1. The number of benzene rings is 2. The quantitative estimate of drug-likeness (QED) is 0.830. The van der Waals surface area contributed by atoms with Gasteiger partial charge in [-0.05, 0) is 17.7 Å². The van der Waals surface area contributed by atoms with Crippen LogP contribution in [0.15, 0.2) is 54.6 Å². The lowest BCUT2D eigenvalue weighted by molar-refractivity contribution is -0.116. The first kappa shape index (κ1) is 15.5. The Morgan fingerprint density at radius 3 is 2.27 bits per heavy atom. The first-order chi connectivity index (χ1) is 10.7. The molecule has 1 amide bonds. The highest BCUT2D eigenvalue weighted by Crippen LogP contribution is 2.11. The predicted molar refractivity (Wildman–Crippen MR) is 84.4 cm³/mol. The summed E-state index contributed by atoms with van der Waals surface area (Å²) in [5, 5.41) is 11.3. The van der Waals surface area contributed by atoms with Gasteiger partial charge in [-0.2, -0.15) is 5.26 Å². The molecule has 1 N–H and O–H groups in total. The van der Waals surface area contributed by atoms with Gasteiger partial charge in [0.2, 0.25) is 5.91 Å². The van der Waals surface area contributed by atoms with Crippen LogP contribution in [-0.4, -0.2) is 11.7 Å². The normalized spacial score (nSPS) is 9.77. The van der Waals surface area contributed by atoms with Gasteiger partial charge in [0, 0.05) is 24.1 Å². The standard InChI is InChI=1S/C18H16N2O2/c19-13-12-14-6-8-16(9-7-14)20-18(22)11-10-17(21)15-4-2-1-3-5-15/h1-9H,10-12H2,(H,20,22). The highest BCUT2D eigenvalue weighted by Gasteiger charge is 2.09. The summed E-state index contributed by atoms with van der Waals surface area (Å²) in [6.45, 7) is 0. The number of Topliss-reactive ketones (excluding diaryl/α,β-unsaturated/α-hetero) is 1. The van der Waals surface area contributed by atoms with Crippen molar-refractivity contribution in [3.8, 4) is 6.07 Å². The third kappa shape index (κ3) is 4.57. The predicted octanol–water partition coefficient (Wildman–Crippen LogP) is 3.35. The number of carbonyl (C=O) groups is 2. The van der Waals surface area contributed by atoms with Gasteiger partial charge in [0.15, 0.2) is 5.78 Å². The van der Waals surface area contributed by atoms with Crippen LogP contribution in [-0.2, 0) is 11.2 Å². The van der Waals surface area contributed by atoms with Crippen LogP contribution in [0.4, 0.5) is 5.69 Å².